The molecule has 112 valence electrons. The smallest absolute Gasteiger partial charge is 0.273 e. The summed E-state index contributed by atoms with van der Waals surface area (Å²) in [6, 6.07) is 3.84. The summed E-state index contributed by atoms with van der Waals surface area (Å²) in [6.07, 6.45) is -1.71. The van der Waals surface area contributed by atoms with Crippen molar-refractivity contribution in [3.63, 3.8) is 0 Å². The number of hydrogen-bond acceptors (Lipinski definition) is 4. The second kappa shape index (κ2) is 5.88. The minimum absolute atomic E-state index is 0.117. The van der Waals surface area contributed by atoms with E-state index in [1.807, 2.05) is 0 Å². The second-order valence-corrected chi connectivity index (χ2v) is 5.63. The zero-order valence-electron chi connectivity index (χ0n) is 11.3. The van der Waals surface area contributed by atoms with Gasteiger partial charge in [0.25, 0.3) is 0 Å². The number of nitrogens with zero attached hydrogens (tertiary/aromatic N) is 3. The minimum atomic E-state index is -4.46. The van der Waals surface area contributed by atoms with E-state index in [4.69, 9.17) is 0 Å². The van der Waals surface area contributed by atoms with Crippen LogP contribution in [0.1, 0.15) is 35.1 Å². The third kappa shape index (κ3) is 3.44. The molecule has 0 saturated heterocycles. The van der Waals surface area contributed by atoms with E-state index in [9.17, 15) is 18.0 Å². The third-order valence-corrected chi connectivity index (χ3v) is 3.90. The summed E-state index contributed by atoms with van der Waals surface area (Å²) in [5, 5.41) is 3.35. The highest BCUT2D eigenvalue weighted by molar-refractivity contribution is 7.99. The first-order valence-corrected chi connectivity index (χ1v) is 6.92. The van der Waals surface area contributed by atoms with Gasteiger partial charge >= 0.3 is 6.18 Å². The lowest BCUT2D eigenvalue weighted by Gasteiger charge is -2.15. The quantitative estimate of drug-likeness (QED) is 0.808. The number of aromatic nitrogens is 3. The highest BCUT2D eigenvalue weighted by Crippen LogP contribution is 2.40. The topological polar surface area (TPSA) is 47.8 Å². The number of pyridine rings is 1. The van der Waals surface area contributed by atoms with Crippen LogP contribution in [-0.4, -0.2) is 20.7 Å². The highest BCUT2D eigenvalue weighted by atomic mass is 32.2. The van der Waals surface area contributed by atoms with Crippen LogP contribution in [0, 0.1) is 0 Å². The highest BCUT2D eigenvalue weighted by Gasteiger charge is 2.34. The number of carbonyl (C=O) groups excluding carboxylic acids is 1. The lowest BCUT2D eigenvalue weighted by molar-refractivity contribution is -0.140. The van der Waals surface area contributed by atoms with Gasteiger partial charge in [0.1, 0.15) is 5.03 Å². The lowest BCUT2D eigenvalue weighted by Crippen LogP contribution is -2.13. The standard InChI is InChI=1S/C13H12F3N3OS/c1-8(11-5-7-18-19(11)9(2)20)21-12-10(13(14,15)16)4-3-6-17-12/h3-8H,1-2H3/t8-/m0/s1. The van der Waals surface area contributed by atoms with Crippen molar-refractivity contribution >= 4 is 17.7 Å². The first-order chi connectivity index (χ1) is 9.80. The van der Waals surface area contributed by atoms with Gasteiger partial charge in [-0.2, -0.15) is 18.3 Å². The molecule has 2 aromatic rings. The average Bonchev–Trinajstić information content (AvgIpc) is 2.87. The van der Waals surface area contributed by atoms with Crippen LogP contribution in [0.4, 0.5) is 13.2 Å². The van der Waals surface area contributed by atoms with Gasteiger partial charge in [-0.25, -0.2) is 9.67 Å². The number of thioether (sulfide) groups is 1. The number of alkyl halides is 3. The number of rotatable bonds is 3. The maximum Gasteiger partial charge on any atom is 0.419 e. The molecule has 0 spiro atoms. The van der Waals surface area contributed by atoms with Crippen LogP contribution >= 0.6 is 11.8 Å². The van der Waals surface area contributed by atoms with E-state index in [1.54, 1.807) is 13.0 Å². The third-order valence-electron chi connectivity index (χ3n) is 2.75. The summed E-state index contributed by atoms with van der Waals surface area (Å²) < 4.78 is 39.9. The van der Waals surface area contributed by atoms with Gasteiger partial charge < -0.3 is 0 Å². The molecule has 0 bridgehead atoms. The Balaban J connectivity index is 2.30. The fourth-order valence-corrected chi connectivity index (χ4v) is 2.88. The first kappa shape index (κ1) is 15.6. The molecule has 0 aliphatic rings. The predicted octanol–water partition coefficient (Wildman–Crippen LogP) is 3.81. The van der Waals surface area contributed by atoms with Gasteiger partial charge in [0.2, 0.25) is 5.91 Å². The molecule has 2 aromatic heterocycles. The number of halogens is 3. The first-order valence-electron chi connectivity index (χ1n) is 6.04. The molecule has 0 N–H and O–H groups in total. The van der Waals surface area contributed by atoms with E-state index in [-0.39, 0.29) is 10.9 Å². The summed E-state index contributed by atoms with van der Waals surface area (Å²) in [4.78, 5) is 15.2. The van der Waals surface area contributed by atoms with Crippen LogP contribution < -0.4 is 0 Å². The molecule has 4 nitrogen and oxygen atoms in total. The predicted molar refractivity (Wildman–Crippen MR) is 72.0 cm³/mol. The molecule has 2 rings (SSSR count). The van der Waals surface area contributed by atoms with Gasteiger partial charge in [0.15, 0.2) is 0 Å². The zero-order valence-corrected chi connectivity index (χ0v) is 12.1. The molecule has 2 heterocycles. The molecule has 1 atom stereocenters. The molecule has 0 amide bonds. The van der Waals surface area contributed by atoms with E-state index in [2.05, 4.69) is 10.1 Å². The second-order valence-electron chi connectivity index (χ2n) is 4.30. The summed E-state index contributed by atoms with van der Waals surface area (Å²) >= 11 is 0.942. The zero-order chi connectivity index (χ0) is 15.6. The fraction of sp³-hybridized carbons (Fsp3) is 0.308. The Kier molecular flexibility index (Phi) is 4.36. The lowest BCUT2D eigenvalue weighted by atomic mass is 10.3. The molecular weight excluding hydrogens is 303 g/mol. The van der Waals surface area contributed by atoms with Crippen LogP contribution in [0.5, 0.6) is 0 Å². The summed E-state index contributed by atoms with van der Waals surface area (Å²) in [6.45, 7) is 3.05. The van der Waals surface area contributed by atoms with Crippen molar-refractivity contribution in [2.24, 2.45) is 0 Å². The number of hydrogen-bond donors (Lipinski definition) is 0. The fourth-order valence-electron chi connectivity index (χ4n) is 1.81. The van der Waals surface area contributed by atoms with E-state index in [1.165, 1.54) is 30.1 Å². The van der Waals surface area contributed by atoms with Crippen molar-refractivity contribution in [2.45, 2.75) is 30.3 Å². The Morgan fingerprint density at radius 1 is 1.33 bits per heavy atom. The molecule has 0 radical (unpaired) electrons. The van der Waals surface area contributed by atoms with Crippen LogP contribution in [0.25, 0.3) is 0 Å². The van der Waals surface area contributed by atoms with Gasteiger partial charge in [0, 0.05) is 19.3 Å². The maximum atomic E-state index is 12.9. The Labute approximate surface area is 123 Å². The van der Waals surface area contributed by atoms with E-state index < -0.39 is 17.0 Å². The van der Waals surface area contributed by atoms with Gasteiger partial charge in [-0.05, 0) is 25.1 Å². The van der Waals surface area contributed by atoms with Crippen molar-refractivity contribution in [1.29, 1.82) is 0 Å². The van der Waals surface area contributed by atoms with Crippen LogP contribution in [-0.2, 0) is 6.18 Å². The largest absolute Gasteiger partial charge is 0.419 e. The van der Waals surface area contributed by atoms with Crippen molar-refractivity contribution in [3.8, 4) is 0 Å². The van der Waals surface area contributed by atoms with Crippen LogP contribution in [0.15, 0.2) is 35.6 Å². The van der Waals surface area contributed by atoms with Crippen LogP contribution in [0.2, 0.25) is 0 Å². The van der Waals surface area contributed by atoms with Gasteiger partial charge in [-0.1, -0.05) is 11.8 Å². The maximum absolute atomic E-state index is 12.9. The molecular formula is C13H12F3N3OS. The normalized spacial score (nSPS) is 13.2. The van der Waals surface area contributed by atoms with Crippen LogP contribution in [0.3, 0.4) is 0 Å². The molecule has 0 aliphatic heterocycles. The van der Waals surface area contributed by atoms with Gasteiger partial charge in [-0.3, -0.25) is 4.79 Å². The van der Waals surface area contributed by atoms with Crippen molar-refractivity contribution in [2.75, 3.05) is 0 Å². The Bertz CT molecular complexity index is 654. The van der Waals surface area contributed by atoms with E-state index in [0.29, 0.717) is 5.69 Å². The van der Waals surface area contributed by atoms with Crippen molar-refractivity contribution in [3.05, 3.63) is 41.9 Å². The summed E-state index contributed by atoms with van der Waals surface area (Å²) in [7, 11) is 0. The minimum Gasteiger partial charge on any atom is -0.273 e. The van der Waals surface area contributed by atoms with Gasteiger partial charge in [0.05, 0.1) is 16.5 Å². The van der Waals surface area contributed by atoms with E-state index in [0.717, 1.165) is 17.8 Å². The molecule has 0 fully saturated rings. The van der Waals surface area contributed by atoms with Crippen molar-refractivity contribution in [1.82, 2.24) is 14.8 Å². The Morgan fingerprint density at radius 2 is 2.05 bits per heavy atom. The van der Waals surface area contributed by atoms with Gasteiger partial charge in [-0.15, -0.1) is 0 Å². The molecule has 21 heavy (non-hydrogen) atoms. The monoisotopic (exact) mass is 315 g/mol. The molecule has 8 heteroatoms. The van der Waals surface area contributed by atoms with Crippen molar-refractivity contribution < 1.29 is 18.0 Å². The molecule has 0 aromatic carbocycles. The van der Waals surface area contributed by atoms with E-state index >= 15 is 0 Å². The SMILES string of the molecule is CC(=O)n1nccc1[C@H](C)Sc1ncccc1C(F)(F)F. The molecule has 0 saturated carbocycles. The summed E-state index contributed by atoms with van der Waals surface area (Å²) in [5.74, 6) is -0.292. The number of carbonyl (C=O) groups is 1. The Morgan fingerprint density at radius 3 is 2.67 bits per heavy atom. The Hall–Kier alpha value is -1.83. The average molecular weight is 315 g/mol. The molecule has 0 aliphatic carbocycles. The molecule has 0 unspecified atom stereocenters. The summed E-state index contributed by atoms with van der Waals surface area (Å²) in [5.41, 5.74) is -0.248.